The third kappa shape index (κ3) is 7.30. The molecule has 6 N–H and O–H groups in total. The van der Waals surface area contributed by atoms with Gasteiger partial charge in [0.15, 0.2) is 0 Å². The minimum Gasteiger partial charge on any atom is -0.508 e. The van der Waals surface area contributed by atoms with Crippen molar-refractivity contribution < 1.29 is 43.9 Å². The van der Waals surface area contributed by atoms with Gasteiger partial charge in [0, 0.05) is 59.8 Å². The van der Waals surface area contributed by atoms with E-state index in [1.54, 1.807) is 54.0 Å². The van der Waals surface area contributed by atoms with Crippen molar-refractivity contribution in [3.63, 3.8) is 0 Å². The first-order valence-electron chi connectivity index (χ1n) is 21.0. The lowest BCUT2D eigenvalue weighted by Gasteiger charge is -2.36. The van der Waals surface area contributed by atoms with Gasteiger partial charge in [-0.25, -0.2) is 24.3 Å². The quantitative estimate of drug-likeness (QED) is 0.0383. The van der Waals surface area contributed by atoms with Crippen LogP contribution in [0.2, 0.25) is 0 Å². The average Bonchev–Trinajstić information content (AvgIpc) is 3.84. The molecule has 0 radical (unpaired) electrons. The lowest BCUT2D eigenvalue weighted by Crippen LogP contribution is -2.49. The number of nitrogens with zero attached hydrogens (tertiary/aromatic N) is 5. The number of hydrogen-bond acceptors (Lipinski definition) is 12. The van der Waals surface area contributed by atoms with E-state index in [9.17, 15) is 34.5 Å². The summed E-state index contributed by atoms with van der Waals surface area (Å²) in [6.45, 7) is 8.35. The minimum absolute atomic E-state index is 0.00581. The number of hydrogen-bond donors (Lipinski definition) is 5. The molecular formula is C47H49N7O10. The van der Waals surface area contributed by atoms with E-state index < -0.39 is 23.7 Å². The molecule has 0 spiro atoms. The van der Waals surface area contributed by atoms with Crippen LogP contribution in [0.3, 0.4) is 0 Å². The van der Waals surface area contributed by atoms with Crippen molar-refractivity contribution in [1.29, 1.82) is 5.41 Å². The number of esters is 1. The summed E-state index contributed by atoms with van der Waals surface area (Å²) in [6.07, 6.45) is 1.68. The Kier molecular flexibility index (Phi) is 11.3. The van der Waals surface area contributed by atoms with Gasteiger partial charge in [-0.2, -0.15) is 0 Å². The summed E-state index contributed by atoms with van der Waals surface area (Å²) in [5, 5.41) is 41.4. The molecule has 0 aliphatic carbocycles. The van der Waals surface area contributed by atoms with E-state index in [-0.39, 0.29) is 90.6 Å². The van der Waals surface area contributed by atoms with Crippen LogP contribution in [-0.4, -0.2) is 85.1 Å². The van der Waals surface area contributed by atoms with Gasteiger partial charge in [-0.05, 0) is 84.5 Å². The Morgan fingerprint density at radius 1 is 1.00 bits per heavy atom. The molecule has 3 amide bonds. The van der Waals surface area contributed by atoms with Crippen LogP contribution in [0, 0.1) is 5.41 Å². The smallest absolute Gasteiger partial charge is 0.411 e. The molecule has 3 aromatic heterocycles. The third-order valence-electron chi connectivity index (χ3n) is 12.2. The molecule has 0 saturated carbocycles. The number of nitrogens with two attached hydrogens (primary N) is 1. The molecule has 17 nitrogen and oxygen atoms in total. The molecule has 0 bridgehead atoms. The van der Waals surface area contributed by atoms with E-state index in [1.807, 2.05) is 37.6 Å². The first kappa shape index (κ1) is 43.3. The summed E-state index contributed by atoms with van der Waals surface area (Å²) in [5.41, 5.74) is 9.20. The SMILES string of the molecule is CCc1c2c(nc3ccc(O)cc13)-c1cc3c(c(=O)n1C2)COC(=O)C3(CC)OC(=O)N(C)CCOCCn1ccc2cc(N(C(=N)c3cc(C(C)C)c(O)cc3O)C(N)=O)ccc21. The van der Waals surface area contributed by atoms with Gasteiger partial charge in [0.2, 0.25) is 5.60 Å². The number of rotatable bonds is 12. The fourth-order valence-electron chi connectivity index (χ4n) is 8.75. The number of aromatic nitrogens is 3. The van der Waals surface area contributed by atoms with E-state index in [0.717, 1.165) is 38.4 Å². The van der Waals surface area contributed by atoms with Crippen LogP contribution < -0.4 is 16.2 Å². The van der Waals surface area contributed by atoms with Crippen LogP contribution >= 0.6 is 0 Å². The van der Waals surface area contributed by atoms with E-state index in [0.29, 0.717) is 41.1 Å². The molecule has 5 heterocycles. The molecular weight excluding hydrogens is 823 g/mol. The number of benzene rings is 3. The number of primary amides is 1. The highest BCUT2D eigenvalue weighted by atomic mass is 16.6. The van der Waals surface area contributed by atoms with Crippen molar-refractivity contribution in [3.05, 3.63) is 111 Å². The Morgan fingerprint density at radius 2 is 1.78 bits per heavy atom. The lowest BCUT2D eigenvalue weighted by molar-refractivity contribution is -0.173. The number of aromatic hydroxyl groups is 3. The van der Waals surface area contributed by atoms with Crippen LogP contribution in [-0.2, 0) is 50.7 Å². The van der Waals surface area contributed by atoms with Crippen molar-refractivity contribution in [1.82, 2.24) is 19.0 Å². The molecule has 1 unspecified atom stereocenters. The zero-order chi connectivity index (χ0) is 45.8. The number of likely N-dealkylation sites (N-methyl/N-ethyl adjacent to an activating group) is 1. The predicted octanol–water partition coefficient (Wildman–Crippen LogP) is 6.54. The normalized spacial score (nSPS) is 15.2. The highest BCUT2D eigenvalue weighted by Crippen LogP contribution is 2.43. The van der Waals surface area contributed by atoms with Crippen molar-refractivity contribution in [3.8, 4) is 28.6 Å². The number of aryl methyl sites for hydroxylation is 1. The van der Waals surface area contributed by atoms with Gasteiger partial charge in [0.25, 0.3) is 5.56 Å². The van der Waals surface area contributed by atoms with Gasteiger partial charge in [-0.15, -0.1) is 0 Å². The molecule has 8 rings (SSSR count). The van der Waals surface area contributed by atoms with Crippen molar-refractivity contribution in [2.24, 2.45) is 5.73 Å². The van der Waals surface area contributed by atoms with E-state index >= 15 is 0 Å². The maximum absolute atomic E-state index is 14.1. The molecule has 6 aromatic rings. The van der Waals surface area contributed by atoms with Gasteiger partial charge in [-0.1, -0.05) is 27.7 Å². The van der Waals surface area contributed by atoms with Crippen molar-refractivity contribution in [2.45, 2.75) is 71.8 Å². The van der Waals surface area contributed by atoms with E-state index in [4.69, 9.17) is 30.3 Å². The van der Waals surface area contributed by atoms with Crippen molar-refractivity contribution in [2.75, 3.05) is 31.7 Å². The summed E-state index contributed by atoms with van der Waals surface area (Å²) < 4.78 is 21.0. The second-order valence-corrected chi connectivity index (χ2v) is 16.3. The van der Waals surface area contributed by atoms with Crippen LogP contribution in [0.4, 0.5) is 15.3 Å². The van der Waals surface area contributed by atoms with E-state index in [2.05, 4.69) is 0 Å². The Hall–Kier alpha value is -7.40. The van der Waals surface area contributed by atoms with Gasteiger partial charge in [0.1, 0.15) is 29.7 Å². The number of urea groups is 1. The van der Waals surface area contributed by atoms with Crippen molar-refractivity contribution >= 4 is 51.4 Å². The number of nitrogens with one attached hydrogen (secondary N) is 1. The summed E-state index contributed by atoms with van der Waals surface area (Å²) in [4.78, 5) is 61.2. The second-order valence-electron chi connectivity index (χ2n) is 16.3. The number of carbonyl (C=O) groups is 3. The number of fused-ring (bicyclic) bond motifs is 6. The fraction of sp³-hybridized carbons (Fsp3) is 0.319. The molecule has 2 aliphatic heterocycles. The molecule has 0 saturated heterocycles. The number of phenols is 3. The molecule has 0 fully saturated rings. The van der Waals surface area contributed by atoms with E-state index in [1.165, 1.54) is 18.0 Å². The number of pyridine rings is 2. The monoisotopic (exact) mass is 871 g/mol. The summed E-state index contributed by atoms with van der Waals surface area (Å²) >= 11 is 0. The van der Waals surface area contributed by atoms with Crippen LogP contribution in [0.25, 0.3) is 33.2 Å². The maximum Gasteiger partial charge on any atom is 0.411 e. The summed E-state index contributed by atoms with van der Waals surface area (Å²) in [5.74, 6) is -1.61. The van der Waals surface area contributed by atoms with Gasteiger partial charge in [0.05, 0.1) is 53.5 Å². The third-order valence-corrected chi connectivity index (χ3v) is 12.2. The fourth-order valence-corrected chi connectivity index (χ4v) is 8.75. The van der Waals surface area contributed by atoms with Crippen LogP contribution in [0.5, 0.6) is 17.2 Å². The molecule has 332 valence electrons. The number of amides is 3. The Morgan fingerprint density at radius 3 is 2.50 bits per heavy atom. The predicted molar refractivity (Wildman–Crippen MR) is 238 cm³/mol. The largest absolute Gasteiger partial charge is 0.508 e. The highest BCUT2D eigenvalue weighted by Gasteiger charge is 2.51. The molecule has 2 aliphatic rings. The van der Waals surface area contributed by atoms with Gasteiger partial charge in [-0.3, -0.25) is 10.2 Å². The van der Waals surface area contributed by atoms with Crippen LogP contribution in [0.1, 0.15) is 73.4 Å². The zero-order valence-corrected chi connectivity index (χ0v) is 36.1. The van der Waals surface area contributed by atoms with Gasteiger partial charge < -0.3 is 49.3 Å². The first-order valence-corrected chi connectivity index (χ1v) is 21.0. The number of amidine groups is 1. The lowest BCUT2D eigenvalue weighted by atomic mass is 9.85. The number of ether oxygens (including phenoxy) is 3. The second kappa shape index (κ2) is 16.7. The zero-order valence-electron chi connectivity index (χ0n) is 36.1. The van der Waals surface area contributed by atoms with Gasteiger partial charge >= 0.3 is 18.1 Å². The standard InChI is InChI=1S/C47H49N7O10/c1-6-29-31-19-28(55)9-10-36(31)50-41-33(29)23-53-38(41)21-35-34(43(53)58)24-63-44(59)47(35,7-2)64-46(61)51(5)14-16-62-17-15-52-13-12-26-18-27(8-11-37(26)52)54(45(49)60)42(48)32-20-30(25(3)4)39(56)22-40(32)57/h8-13,18-22,25,48,55-57H,6-7,14-17,23-24H2,1-5H3,(H2,49,60). The summed E-state index contributed by atoms with van der Waals surface area (Å²) in [6, 6.07) is 15.3. The number of phenolic OH excluding ortho intramolecular Hbond substituents is 3. The Balaban J connectivity index is 0.928. The molecule has 17 heteroatoms. The Bertz CT molecular complexity index is 2970. The number of cyclic esters (lactones) is 1. The summed E-state index contributed by atoms with van der Waals surface area (Å²) in [7, 11) is 1.52. The maximum atomic E-state index is 14.1. The molecule has 64 heavy (non-hydrogen) atoms. The van der Waals surface area contributed by atoms with Crippen LogP contribution in [0.15, 0.2) is 71.7 Å². The molecule has 1 atom stereocenters. The molecule has 3 aromatic carbocycles. The average molecular weight is 872 g/mol. The number of carbonyl (C=O) groups excluding carboxylic acids is 3. The Labute approximate surface area is 367 Å². The first-order chi connectivity index (χ1) is 30.6. The minimum atomic E-state index is -1.89. The number of anilines is 1. The topological polar surface area (TPSA) is 236 Å². The highest BCUT2D eigenvalue weighted by molar-refractivity contribution is 6.22.